The second-order valence-corrected chi connectivity index (χ2v) is 9.49. The van der Waals surface area contributed by atoms with Gasteiger partial charge in [-0.15, -0.1) is 0 Å². The highest BCUT2D eigenvalue weighted by atomic mass is 16.2. The van der Waals surface area contributed by atoms with Gasteiger partial charge in [-0.2, -0.15) is 0 Å². The Labute approximate surface area is 148 Å². The Morgan fingerprint density at radius 2 is 1.33 bits per heavy atom. The predicted octanol–water partition coefficient (Wildman–Crippen LogP) is 2.16. The molecule has 1 aliphatic heterocycles. The SMILES string of the molecule is CC(C)(C)CCC(=O)CN1CCN(CC(=O)NCC(C)(C)C)CC1. The van der Waals surface area contributed by atoms with Gasteiger partial charge in [-0.25, -0.2) is 0 Å². The highest BCUT2D eigenvalue weighted by molar-refractivity contribution is 5.80. The van der Waals surface area contributed by atoms with Crippen LogP contribution >= 0.6 is 0 Å². The molecular weight excluding hydrogens is 302 g/mol. The summed E-state index contributed by atoms with van der Waals surface area (Å²) in [7, 11) is 0. The first-order valence-corrected chi connectivity index (χ1v) is 9.18. The minimum absolute atomic E-state index is 0.0969. The maximum atomic E-state index is 12.1. The Morgan fingerprint density at radius 1 is 0.833 bits per heavy atom. The van der Waals surface area contributed by atoms with Crippen molar-refractivity contribution in [3.63, 3.8) is 0 Å². The largest absolute Gasteiger partial charge is 0.354 e. The van der Waals surface area contributed by atoms with Gasteiger partial charge in [-0.1, -0.05) is 41.5 Å². The third-order valence-corrected chi connectivity index (χ3v) is 4.20. The van der Waals surface area contributed by atoms with Gasteiger partial charge in [-0.3, -0.25) is 19.4 Å². The fourth-order valence-corrected chi connectivity index (χ4v) is 2.57. The molecule has 1 aliphatic rings. The molecule has 1 N–H and O–H groups in total. The summed E-state index contributed by atoms with van der Waals surface area (Å²) in [4.78, 5) is 28.4. The van der Waals surface area contributed by atoms with E-state index in [9.17, 15) is 9.59 Å². The molecule has 0 radical (unpaired) electrons. The van der Waals surface area contributed by atoms with Crippen molar-refractivity contribution >= 4 is 11.7 Å². The van der Waals surface area contributed by atoms with Crippen LogP contribution in [0.4, 0.5) is 0 Å². The summed E-state index contributed by atoms with van der Waals surface area (Å²) < 4.78 is 0. The molecular formula is C19H37N3O2. The standard InChI is InChI=1S/C19H37N3O2/c1-18(2,3)8-7-16(23)13-21-9-11-22(12-10-21)14-17(24)20-15-19(4,5)6/h7-15H2,1-6H3,(H,20,24). The van der Waals surface area contributed by atoms with E-state index in [1.165, 1.54) is 0 Å². The molecule has 0 aromatic rings. The lowest BCUT2D eigenvalue weighted by Gasteiger charge is -2.34. The molecule has 140 valence electrons. The molecule has 0 bridgehead atoms. The van der Waals surface area contributed by atoms with E-state index in [0.717, 1.165) is 32.6 Å². The number of ketones is 1. The van der Waals surface area contributed by atoms with Gasteiger partial charge >= 0.3 is 0 Å². The van der Waals surface area contributed by atoms with Crippen LogP contribution in [0, 0.1) is 10.8 Å². The summed E-state index contributed by atoms with van der Waals surface area (Å²) in [5.74, 6) is 0.431. The minimum atomic E-state index is 0.0969. The molecule has 0 unspecified atom stereocenters. The van der Waals surface area contributed by atoms with Crippen LogP contribution in [0.25, 0.3) is 0 Å². The van der Waals surface area contributed by atoms with Gasteiger partial charge in [0.05, 0.1) is 13.1 Å². The second kappa shape index (κ2) is 8.95. The van der Waals surface area contributed by atoms with Gasteiger partial charge < -0.3 is 5.32 Å². The fraction of sp³-hybridized carbons (Fsp3) is 0.895. The number of piperazine rings is 1. The third kappa shape index (κ3) is 10.0. The van der Waals surface area contributed by atoms with Crippen LogP contribution in [-0.2, 0) is 9.59 Å². The van der Waals surface area contributed by atoms with Gasteiger partial charge in [0.1, 0.15) is 5.78 Å². The zero-order valence-electron chi connectivity index (χ0n) is 16.6. The van der Waals surface area contributed by atoms with Gasteiger partial charge in [0.2, 0.25) is 5.91 Å². The van der Waals surface area contributed by atoms with Crippen molar-refractivity contribution < 1.29 is 9.59 Å². The normalized spacial score (nSPS) is 17.8. The molecule has 1 saturated heterocycles. The first-order valence-electron chi connectivity index (χ1n) is 9.18. The van der Waals surface area contributed by atoms with Crippen molar-refractivity contribution in [2.24, 2.45) is 10.8 Å². The molecule has 24 heavy (non-hydrogen) atoms. The Balaban J connectivity index is 2.22. The van der Waals surface area contributed by atoms with E-state index < -0.39 is 0 Å². The molecule has 1 amide bonds. The Hall–Kier alpha value is -0.940. The van der Waals surface area contributed by atoms with E-state index in [-0.39, 0.29) is 16.7 Å². The number of carbonyl (C=O) groups is 2. The monoisotopic (exact) mass is 339 g/mol. The van der Waals surface area contributed by atoms with E-state index in [1.54, 1.807) is 0 Å². The first-order chi connectivity index (χ1) is 10.9. The van der Waals surface area contributed by atoms with Crippen LogP contribution in [0.3, 0.4) is 0 Å². The number of hydrogen-bond acceptors (Lipinski definition) is 4. The van der Waals surface area contributed by atoms with E-state index in [1.807, 2.05) is 0 Å². The number of amides is 1. The lowest BCUT2D eigenvalue weighted by molar-refractivity contribution is -0.124. The molecule has 0 saturated carbocycles. The number of nitrogens with zero attached hydrogens (tertiary/aromatic N) is 2. The van der Waals surface area contributed by atoms with Crippen LogP contribution in [-0.4, -0.2) is 67.3 Å². The molecule has 0 atom stereocenters. The predicted molar refractivity (Wildman–Crippen MR) is 99.0 cm³/mol. The zero-order chi connectivity index (χ0) is 18.4. The summed E-state index contributed by atoms with van der Waals surface area (Å²) >= 11 is 0. The molecule has 0 aromatic carbocycles. The van der Waals surface area contributed by atoms with Crippen molar-refractivity contribution in [2.45, 2.75) is 54.4 Å². The molecule has 0 aliphatic carbocycles. The molecule has 1 fully saturated rings. The van der Waals surface area contributed by atoms with E-state index in [2.05, 4.69) is 56.7 Å². The van der Waals surface area contributed by atoms with E-state index >= 15 is 0 Å². The highest BCUT2D eigenvalue weighted by Crippen LogP contribution is 2.20. The van der Waals surface area contributed by atoms with E-state index in [0.29, 0.717) is 31.8 Å². The Morgan fingerprint density at radius 3 is 1.79 bits per heavy atom. The van der Waals surface area contributed by atoms with Gasteiger partial charge in [0, 0.05) is 39.1 Å². The molecule has 0 spiro atoms. The second-order valence-electron chi connectivity index (χ2n) is 9.49. The lowest BCUT2D eigenvalue weighted by atomic mass is 9.89. The van der Waals surface area contributed by atoms with Crippen LogP contribution in [0.2, 0.25) is 0 Å². The average molecular weight is 340 g/mol. The number of carbonyl (C=O) groups excluding carboxylic acids is 2. The maximum absolute atomic E-state index is 12.1. The molecule has 1 rings (SSSR count). The summed E-state index contributed by atoms with van der Waals surface area (Å²) in [5, 5.41) is 3.00. The fourth-order valence-electron chi connectivity index (χ4n) is 2.57. The summed E-state index contributed by atoms with van der Waals surface area (Å²) in [6.07, 6.45) is 1.61. The first kappa shape index (κ1) is 21.1. The van der Waals surface area contributed by atoms with Gasteiger partial charge in [0.25, 0.3) is 0 Å². The van der Waals surface area contributed by atoms with Gasteiger partial charge in [-0.05, 0) is 17.3 Å². The van der Waals surface area contributed by atoms with Crippen molar-refractivity contribution in [3.8, 4) is 0 Å². The number of nitrogens with one attached hydrogen (secondary N) is 1. The van der Waals surface area contributed by atoms with Crippen molar-refractivity contribution in [1.82, 2.24) is 15.1 Å². The maximum Gasteiger partial charge on any atom is 0.234 e. The summed E-state index contributed by atoms with van der Waals surface area (Å²) in [6.45, 7) is 18.0. The van der Waals surface area contributed by atoms with Crippen LogP contribution in [0.5, 0.6) is 0 Å². The number of rotatable bonds is 7. The molecule has 0 aromatic heterocycles. The number of Topliss-reactive ketones (excluding diaryl/α,β-unsaturated/α-hetero) is 1. The lowest BCUT2D eigenvalue weighted by Crippen LogP contribution is -2.50. The Kier molecular flexibility index (Phi) is 7.87. The van der Waals surface area contributed by atoms with Crippen LogP contribution < -0.4 is 5.32 Å². The minimum Gasteiger partial charge on any atom is -0.354 e. The van der Waals surface area contributed by atoms with E-state index in [4.69, 9.17) is 0 Å². The van der Waals surface area contributed by atoms with Crippen LogP contribution in [0.15, 0.2) is 0 Å². The van der Waals surface area contributed by atoms with Crippen molar-refractivity contribution in [1.29, 1.82) is 0 Å². The van der Waals surface area contributed by atoms with Gasteiger partial charge in [0.15, 0.2) is 0 Å². The summed E-state index contributed by atoms with van der Waals surface area (Å²) in [6, 6.07) is 0. The molecule has 1 heterocycles. The zero-order valence-corrected chi connectivity index (χ0v) is 16.6. The Bertz CT molecular complexity index is 373. The topological polar surface area (TPSA) is 52.7 Å². The molecule has 5 heteroatoms. The number of hydrogen-bond donors (Lipinski definition) is 1. The quantitative estimate of drug-likeness (QED) is 0.772. The smallest absolute Gasteiger partial charge is 0.234 e. The third-order valence-electron chi connectivity index (χ3n) is 4.20. The van der Waals surface area contributed by atoms with Crippen LogP contribution in [0.1, 0.15) is 54.4 Å². The van der Waals surface area contributed by atoms with Crippen molar-refractivity contribution in [2.75, 3.05) is 45.8 Å². The average Bonchev–Trinajstić information content (AvgIpc) is 2.44. The van der Waals surface area contributed by atoms with Crippen molar-refractivity contribution in [3.05, 3.63) is 0 Å². The summed E-state index contributed by atoms with van der Waals surface area (Å²) in [5.41, 5.74) is 0.330. The highest BCUT2D eigenvalue weighted by Gasteiger charge is 2.22. The molecule has 5 nitrogen and oxygen atoms in total.